The Morgan fingerprint density at radius 2 is 1.71 bits per heavy atom. The molecule has 0 heterocycles. The molecule has 5 atom stereocenters. The maximum absolute atomic E-state index is 14.1. The number of aromatic hydroxyl groups is 1. The van der Waals surface area contributed by atoms with Gasteiger partial charge < -0.3 is 25.7 Å². The number of nitrogens with zero attached hydrogens (tertiary/aromatic N) is 1. The fourth-order valence-corrected chi connectivity index (χ4v) is 6.98. The minimum Gasteiger partial charge on any atom is -0.508 e. The molecule has 1 aromatic carbocycles. The summed E-state index contributed by atoms with van der Waals surface area (Å²) < 4.78 is 0. The number of aliphatic hydroxyl groups is 3. The number of benzene rings is 1. The summed E-state index contributed by atoms with van der Waals surface area (Å²) in [5.41, 5.74) is -2.66. The Balaban J connectivity index is 2.12. The lowest BCUT2D eigenvalue weighted by Crippen LogP contribution is -2.69. The van der Waals surface area contributed by atoms with Gasteiger partial charge in [0.1, 0.15) is 22.8 Å². The third kappa shape index (κ3) is 2.91. The third-order valence-corrected chi connectivity index (χ3v) is 8.25. The molecule has 188 valence electrons. The van der Waals surface area contributed by atoms with E-state index in [9.17, 15) is 34.8 Å². The number of nitrogens with one attached hydrogen (secondary N) is 1. The number of rotatable bonds is 2. The number of ketones is 2. The Hall–Kier alpha value is -3.17. The molecule has 1 amide bonds. The molecule has 0 aromatic heterocycles. The van der Waals surface area contributed by atoms with Gasteiger partial charge in [-0.2, -0.15) is 0 Å². The minimum atomic E-state index is -2.63. The van der Waals surface area contributed by atoms with Crippen LogP contribution in [0, 0.1) is 24.7 Å². The van der Waals surface area contributed by atoms with Crippen molar-refractivity contribution in [1.29, 1.82) is 0 Å². The van der Waals surface area contributed by atoms with E-state index < -0.39 is 69.4 Å². The fourth-order valence-electron chi connectivity index (χ4n) is 6.98. The van der Waals surface area contributed by atoms with Crippen molar-refractivity contribution in [2.75, 3.05) is 21.1 Å². The van der Waals surface area contributed by atoms with Crippen molar-refractivity contribution in [2.24, 2.45) is 17.8 Å². The second kappa shape index (κ2) is 7.66. The summed E-state index contributed by atoms with van der Waals surface area (Å²) in [6, 6.07) is 2.07. The lowest BCUT2D eigenvalue weighted by molar-refractivity contribution is -0.161. The highest BCUT2D eigenvalue weighted by Crippen LogP contribution is 2.60. The smallest absolute Gasteiger partial charge is 0.258 e. The largest absolute Gasteiger partial charge is 0.508 e. The summed E-state index contributed by atoms with van der Waals surface area (Å²) in [7, 11) is 4.49. The van der Waals surface area contributed by atoms with Crippen molar-refractivity contribution in [3.8, 4) is 5.75 Å². The predicted octanol–water partition coefficient (Wildman–Crippen LogP) is 1.51. The summed E-state index contributed by atoms with van der Waals surface area (Å²) in [4.78, 5) is 41.7. The third-order valence-electron chi connectivity index (χ3n) is 8.25. The molecule has 3 aliphatic rings. The molecule has 3 aliphatic carbocycles. The Bertz CT molecular complexity index is 1240. The van der Waals surface area contributed by atoms with Crippen LogP contribution in [0.5, 0.6) is 5.75 Å². The lowest BCUT2D eigenvalue weighted by Gasteiger charge is -2.57. The molecule has 35 heavy (non-hydrogen) atoms. The van der Waals surface area contributed by atoms with Crippen LogP contribution in [-0.2, 0) is 19.8 Å². The Morgan fingerprint density at radius 1 is 1.11 bits per heavy atom. The zero-order valence-electron chi connectivity index (χ0n) is 20.9. The number of phenols is 1. The van der Waals surface area contributed by atoms with Gasteiger partial charge in [-0.1, -0.05) is 26.8 Å². The Kier molecular flexibility index (Phi) is 5.46. The topological polar surface area (TPSA) is 147 Å². The molecule has 0 saturated heterocycles. The predicted molar refractivity (Wildman–Crippen MR) is 128 cm³/mol. The second-order valence-electron chi connectivity index (χ2n) is 10.7. The Labute approximate surface area is 203 Å². The van der Waals surface area contributed by atoms with Crippen LogP contribution in [0.1, 0.15) is 37.5 Å². The van der Waals surface area contributed by atoms with Gasteiger partial charge in [0, 0.05) is 24.5 Å². The maximum Gasteiger partial charge on any atom is 0.258 e. The van der Waals surface area contributed by atoms with Gasteiger partial charge >= 0.3 is 0 Å². The molecule has 5 N–H and O–H groups in total. The van der Waals surface area contributed by atoms with Gasteiger partial charge in [-0.15, -0.1) is 0 Å². The number of aliphatic hydroxyl groups excluding tert-OH is 2. The van der Waals surface area contributed by atoms with Gasteiger partial charge in [-0.05, 0) is 49.5 Å². The van der Waals surface area contributed by atoms with E-state index in [-0.39, 0.29) is 16.9 Å². The van der Waals surface area contributed by atoms with Gasteiger partial charge in [-0.3, -0.25) is 19.3 Å². The van der Waals surface area contributed by atoms with Gasteiger partial charge in [0.05, 0.1) is 11.6 Å². The zero-order valence-corrected chi connectivity index (χ0v) is 20.9. The molecule has 9 heteroatoms. The molecule has 1 aromatic rings. The van der Waals surface area contributed by atoms with Crippen LogP contribution in [0.2, 0.25) is 0 Å². The van der Waals surface area contributed by atoms with Crippen LogP contribution in [0.15, 0.2) is 29.0 Å². The molecule has 5 unspecified atom stereocenters. The monoisotopic (exact) mass is 484 g/mol. The lowest BCUT2D eigenvalue weighted by atomic mass is 9.48. The molecule has 0 aliphatic heterocycles. The van der Waals surface area contributed by atoms with Crippen LogP contribution < -0.4 is 5.32 Å². The van der Waals surface area contributed by atoms with Crippen molar-refractivity contribution < 1.29 is 34.8 Å². The zero-order chi connectivity index (χ0) is 26.4. The fraction of sp³-hybridized carbons (Fsp3) is 0.500. The van der Waals surface area contributed by atoms with Gasteiger partial charge in [0.2, 0.25) is 5.78 Å². The number of carbonyl (C=O) groups excluding carboxylic acids is 3. The second-order valence-corrected chi connectivity index (χ2v) is 10.7. The molecule has 0 spiro atoms. The highest BCUT2D eigenvalue weighted by molar-refractivity contribution is 6.25. The normalized spacial score (nSPS) is 31.8. The SMILES string of the molecule is CNC(=O)C1=C(O)C2(O)C(=O)C3=C(O)c4c(O)ccc(C)c4C(C)(C)C3C(C)C2C(N(C)C)C1=O. The van der Waals surface area contributed by atoms with Crippen LogP contribution in [-0.4, -0.2) is 75.6 Å². The van der Waals surface area contributed by atoms with Crippen LogP contribution in [0.3, 0.4) is 0 Å². The van der Waals surface area contributed by atoms with E-state index in [4.69, 9.17) is 0 Å². The number of hydrogen-bond donors (Lipinski definition) is 5. The van der Waals surface area contributed by atoms with E-state index >= 15 is 0 Å². The molecule has 4 rings (SSSR count). The van der Waals surface area contributed by atoms with E-state index in [0.717, 1.165) is 5.56 Å². The van der Waals surface area contributed by atoms with Crippen LogP contribution in [0.25, 0.3) is 5.76 Å². The van der Waals surface area contributed by atoms with Gasteiger partial charge in [0.15, 0.2) is 11.4 Å². The standard InChI is InChI=1S/C26H32N2O7/c1-10-8-9-12(29)13-16(10)25(3,4)17-11(2)18-19(28(6)7)21(31)15(24(34)27-5)23(33)26(18,35)22(32)14(17)20(13)30/h8-9,11,17-19,29-30,33,35H,1-7H3,(H,27,34). The number of aryl methyl sites for hydroxylation is 1. The molecule has 1 fully saturated rings. The average molecular weight is 485 g/mol. The first-order valence-corrected chi connectivity index (χ1v) is 11.6. The highest BCUT2D eigenvalue weighted by atomic mass is 16.3. The van der Waals surface area contributed by atoms with E-state index in [1.165, 1.54) is 18.0 Å². The first-order chi connectivity index (χ1) is 16.1. The minimum absolute atomic E-state index is 0.106. The van der Waals surface area contributed by atoms with E-state index in [1.54, 1.807) is 27.1 Å². The number of hydrogen-bond acceptors (Lipinski definition) is 8. The van der Waals surface area contributed by atoms with Gasteiger partial charge in [0.25, 0.3) is 5.91 Å². The van der Waals surface area contributed by atoms with E-state index in [0.29, 0.717) is 5.56 Å². The average Bonchev–Trinajstić information content (AvgIpc) is 2.77. The number of likely N-dealkylation sites (N-methyl/N-ethyl adjacent to an activating group) is 2. The molecular weight excluding hydrogens is 452 g/mol. The summed E-state index contributed by atoms with van der Waals surface area (Å²) in [6.07, 6.45) is 0. The quantitative estimate of drug-likeness (QED) is 0.397. The number of carbonyl (C=O) groups is 3. The van der Waals surface area contributed by atoms with Crippen LogP contribution in [0.4, 0.5) is 0 Å². The number of Topliss-reactive ketones (excluding diaryl/α,β-unsaturated/α-hetero) is 2. The van der Waals surface area contributed by atoms with Crippen molar-refractivity contribution >= 4 is 23.2 Å². The van der Waals surface area contributed by atoms with E-state index in [2.05, 4.69) is 5.32 Å². The molecule has 1 saturated carbocycles. The number of amides is 1. The first kappa shape index (κ1) is 24.9. The molecule has 9 nitrogen and oxygen atoms in total. The number of fused-ring (bicyclic) bond motifs is 3. The van der Waals surface area contributed by atoms with Crippen molar-refractivity contribution in [3.63, 3.8) is 0 Å². The van der Waals surface area contributed by atoms with Crippen molar-refractivity contribution in [2.45, 2.75) is 44.8 Å². The van der Waals surface area contributed by atoms with E-state index in [1.807, 2.05) is 20.8 Å². The summed E-state index contributed by atoms with van der Waals surface area (Å²) in [5.74, 6) is -6.67. The van der Waals surface area contributed by atoms with Gasteiger partial charge in [-0.25, -0.2) is 0 Å². The summed E-state index contributed by atoms with van der Waals surface area (Å²) in [5, 5.41) is 47.3. The first-order valence-electron chi connectivity index (χ1n) is 11.6. The summed E-state index contributed by atoms with van der Waals surface area (Å²) >= 11 is 0. The van der Waals surface area contributed by atoms with Crippen molar-refractivity contribution in [1.82, 2.24) is 10.2 Å². The molecule has 0 radical (unpaired) electrons. The molecule has 0 bridgehead atoms. The molecular formula is C26H32N2O7. The maximum atomic E-state index is 14.1. The Morgan fingerprint density at radius 3 is 2.26 bits per heavy atom. The van der Waals surface area contributed by atoms with Crippen molar-refractivity contribution in [3.05, 3.63) is 45.7 Å². The summed E-state index contributed by atoms with van der Waals surface area (Å²) in [6.45, 7) is 7.41. The van der Waals surface area contributed by atoms with Crippen LogP contribution >= 0.6 is 0 Å². The highest BCUT2D eigenvalue weighted by Gasteiger charge is 2.68. The number of phenolic OH excluding ortho intramolecular Hbond substituents is 1.